The summed E-state index contributed by atoms with van der Waals surface area (Å²) < 4.78 is 13.9. The van der Waals surface area contributed by atoms with E-state index in [0.29, 0.717) is 6.54 Å². The molecular formula is C22H23FN4O. The number of nitrogens with one attached hydrogen (secondary N) is 1. The number of carbonyl (C=O) groups excluding carboxylic acids is 1. The predicted octanol–water partition coefficient (Wildman–Crippen LogP) is 4.28. The van der Waals surface area contributed by atoms with Crippen LogP contribution >= 0.6 is 0 Å². The van der Waals surface area contributed by atoms with Crippen LogP contribution in [0.15, 0.2) is 42.6 Å². The minimum Gasteiger partial charge on any atom is -0.372 e. The number of nitrogens with two attached hydrogens (primary N) is 1. The third kappa shape index (κ3) is 2.71. The number of aromatic nitrogens is 1. The molecule has 3 aromatic rings. The van der Waals surface area contributed by atoms with Crippen molar-refractivity contribution in [2.24, 2.45) is 5.73 Å². The van der Waals surface area contributed by atoms with Crippen molar-refractivity contribution in [3.05, 3.63) is 65.1 Å². The van der Waals surface area contributed by atoms with Crippen molar-refractivity contribution in [2.45, 2.75) is 31.8 Å². The Balaban J connectivity index is 1.59. The van der Waals surface area contributed by atoms with E-state index in [2.05, 4.69) is 28.1 Å². The Bertz CT molecular complexity index is 1050. The quantitative estimate of drug-likeness (QED) is 0.699. The fraction of sp³-hybridized carbons (Fsp3) is 0.318. The van der Waals surface area contributed by atoms with Crippen molar-refractivity contribution in [1.82, 2.24) is 9.88 Å². The predicted molar refractivity (Wildman–Crippen MR) is 108 cm³/mol. The van der Waals surface area contributed by atoms with Crippen LogP contribution in [0.3, 0.4) is 0 Å². The Kier molecular flexibility index (Phi) is 4.00. The van der Waals surface area contributed by atoms with E-state index in [-0.39, 0.29) is 11.9 Å². The lowest BCUT2D eigenvalue weighted by Crippen LogP contribution is -2.34. The first-order valence-electron chi connectivity index (χ1n) is 9.82. The number of halogens is 1. The molecule has 0 bridgehead atoms. The highest BCUT2D eigenvalue weighted by atomic mass is 19.1. The topological polar surface area (TPSA) is 65.4 Å². The van der Waals surface area contributed by atoms with E-state index in [0.717, 1.165) is 40.7 Å². The fourth-order valence-corrected chi connectivity index (χ4v) is 4.67. The van der Waals surface area contributed by atoms with Crippen LogP contribution in [0.25, 0.3) is 10.9 Å². The van der Waals surface area contributed by atoms with Gasteiger partial charge in [-0.3, -0.25) is 0 Å². The maximum atomic E-state index is 13.9. The summed E-state index contributed by atoms with van der Waals surface area (Å²) in [7, 11) is 0. The second-order valence-corrected chi connectivity index (χ2v) is 7.73. The molecule has 2 amide bonds. The van der Waals surface area contributed by atoms with Gasteiger partial charge in [0.15, 0.2) is 0 Å². The zero-order valence-electron chi connectivity index (χ0n) is 15.6. The maximum absolute atomic E-state index is 13.9. The molecule has 5 nitrogen and oxygen atoms in total. The van der Waals surface area contributed by atoms with Crippen LogP contribution in [-0.4, -0.2) is 29.0 Å². The van der Waals surface area contributed by atoms with E-state index in [1.165, 1.54) is 37.1 Å². The first kappa shape index (κ1) is 17.1. The number of anilines is 1. The number of nitrogens with zero attached hydrogens (tertiary/aromatic N) is 2. The zero-order valence-corrected chi connectivity index (χ0v) is 15.6. The molecule has 1 atom stereocenters. The Morgan fingerprint density at radius 1 is 1.07 bits per heavy atom. The van der Waals surface area contributed by atoms with Crippen LogP contribution in [0.2, 0.25) is 0 Å². The molecule has 6 heteroatoms. The first-order valence-corrected chi connectivity index (χ1v) is 9.82. The SMILES string of the molecule is NC(=O)N1Cc2cc(N3CCCCC3)ccc2C1c1c[nH]c2ccc(F)cc12. The third-order valence-electron chi connectivity index (χ3n) is 6.05. The van der Waals surface area contributed by atoms with E-state index in [1.807, 2.05) is 6.20 Å². The van der Waals surface area contributed by atoms with Crippen molar-refractivity contribution in [2.75, 3.05) is 18.0 Å². The van der Waals surface area contributed by atoms with Gasteiger partial charge < -0.3 is 20.5 Å². The van der Waals surface area contributed by atoms with Crippen LogP contribution < -0.4 is 10.6 Å². The highest BCUT2D eigenvalue weighted by Crippen LogP contribution is 2.42. The van der Waals surface area contributed by atoms with Crippen LogP contribution in [0.4, 0.5) is 14.9 Å². The molecular weight excluding hydrogens is 355 g/mol. The number of H-pyrrole nitrogens is 1. The second-order valence-electron chi connectivity index (χ2n) is 7.73. The van der Waals surface area contributed by atoms with Crippen molar-refractivity contribution < 1.29 is 9.18 Å². The van der Waals surface area contributed by atoms with Gasteiger partial charge in [-0.15, -0.1) is 0 Å². The average Bonchev–Trinajstić information content (AvgIpc) is 3.28. The van der Waals surface area contributed by atoms with Gasteiger partial charge in [-0.05, 0) is 60.7 Å². The molecule has 1 aromatic heterocycles. The van der Waals surface area contributed by atoms with Crippen LogP contribution in [0.1, 0.15) is 42.0 Å². The molecule has 0 saturated carbocycles. The van der Waals surface area contributed by atoms with E-state index >= 15 is 0 Å². The molecule has 0 spiro atoms. The summed E-state index contributed by atoms with van der Waals surface area (Å²) in [5, 5.41) is 0.782. The van der Waals surface area contributed by atoms with Crippen molar-refractivity contribution in [3.63, 3.8) is 0 Å². The van der Waals surface area contributed by atoms with E-state index in [1.54, 1.807) is 11.0 Å². The van der Waals surface area contributed by atoms with Crippen LogP contribution in [0, 0.1) is 5.82 Å². The molecule has 5 rings (SSSR count). The van der Waals surface area contributed by atoms with Gasteiger partial charge in [0.2, 0.25) is 0 Å². The van der Waals surface area contributed by atoms with Gasteiger partial charge in [0.05, 0.1) is 6.04 Å². The number of fused-ring (bicyclic) bond motifs is 2. The van der Waals surface area contributed by atoms with Gasteiger partial charge in [-0.2, -0.15) is 0 Å². The van der Waals surface area contributed by atoms with Gasteiger partial charge in [0.1, 0.15) is 5.82 Å². The summed E-state index contributed by atoms with van der Waals surface area (Å²) in [6.07, 6.45) is 5.58. The molecule has 1 saturated heterocycles. The summed E-state index contributed by atoms with van der Waals surface area (Å²) >= 11 is 0. The summed E-state index contributed by atoms with van der Waals surface area (Å²) in [5.41, 5.74) is 10.8. The van der Waals surface area contributed by atoms with Crippen molar-refractivity contribution in [1.29, 1.82) is 0 Å². The molecule has 1 fully saturated rings. The molecule has 2 aliphatic heterocycles. The number of piperidine rings is 1. The standard InChI is InChI=1S/C22H23FN4O/c23-15-4-7-20-18(11-15)19(12-25-20)21-17-6-5-16(26-8-2-1-3-9-26)10-14(17)13-27(21)22(24)28/h4-7,10-12,21,25H,1-3,8-9,13H2,(H2,24,28). The summed E-state index contributed by atoms with van der Waals surface area (Å²) in [5.74, 6) is -0.294. The monoisotopic (exact) mass is 378 g/mol. The molecule has 0 radical (unpaired) electrons. The number of urea groups is 1. The van der Waals surface area contributed by atoms with Crippen LogP contribution in [0.5, 0.6) is 0 Å². The molecule has 3 heterocycles. The highest BCUT2D eigenvalue weighted by molar-refractivity contribution is 5.86. The molecule has 2 aromatic carbocycles. The lowest BCUT2D eigenvalue weighted by molar-refractivity contribution is 0.199. The molecule has 2 aliphatic rings. The van der Waals surface area contributed by atoms with Gasteiger partial charge in [-0.25, -0.2) is 9.18 Å². The Labute approximate surface area is 162 Å². The van der Waals surface area contributed by atoms with Gasteiger partial charge in [-0.1, -0.05) is 6.07 Å². The lowest BCUT2D eigenvalue weighted by atomic mass is 9.96. The number of benzene rings is 2. The third-order valence-corrected chi connectivity index (χ3v) is 6.05. The number of hydrogen-bond donors (Lipinski definition) is 2. The van der Waals surface area contributed by atoms with Crippen LogP contribution in [-0.2, 0) is 6.54 Å². The number of hydrogen-bond acceptors (Lipinski definition) is 2. The maximum Gasteiger partial charge on any atom is 0.315 e. The number of aromatic amines is 1. The second kappa shape index (κ2) is 6.55. The minimum absolute atomic E-state index is 0.294. The smallest absolute Gasteiger partial charge is 0.315 e. The van der Waals surface area contributed by atoms with Gasteiger partial charge in [0, 0.05) is 48.0 Å². The Morgan fingerprint density at radius 3 is 2.68 bits per heavy atom. The van der Waals surface area contributed by atoms with Crippen molar-refractivity contribution in [3.8, 4) is 0 Å². The molecule has 1 unspecified atom stereocenters. The number of carbonyl (C=O) groups is 1. The largest absolute Gasteiger partial charge is 0.372 e. The normalized spacial score (nSPS) is 19.2. The fourth-order valence-electron chi connectivity index (χ4n) is 4.67. The summed E-state index contributed by atoms with van der Waals surface area (Å²) in [6.45, 7) is 2.62. The number of rotatable bonds is 2. The Morgan fingerprint density at radius 2 is 1.89 bits per heavy atom. The number of amides is 2. The van der Waals surface area contributed by atoms with Crippen molar-refractivity contribution >= 4 is 22.6 Å². The Hall–Kier alpha value is -3.02. The van der Waals surface area contributed by atoms with E-state index in [4.69, 9.17) is 5.73 Å². The van der Waals surface area contributed by atoms with E-state index < -0.39 is 6.03 Å². The summed E-state index contributed by atoms with van der Waals surface area (Å²) in [4.78, 5) is 19.5. The first-order chi connectivity index (χ1) is 13.6. The highest BCUT2D eigenvalue weighted by Gasteiger charge is 2.35. The van der Waals surface area contributed by atoms with E-state index in [9.17, 15) is 9.18 Å². The molecule has 28 heavy (non-hydrogen) atoms. The van der Waals surface area contributed by atoms with Gasteiger partial charge >= 0.3 is 6.03 Å². The lowest BCUT2D eigenvalue weighted by Gasteiger charge is -2.29. The summed E-state index contributed by atoms with van der Waals surface area (Å²) in [6, 6.07) is 10.3. The average molecular weight is 378 g/mol. The molecule has 144 valence electrons. The number of primary amides is 1. The molecule has 0 aliphatic carbocycles. The van der Waals surface area contributed by atoms with Gasteiger partial charge in [0.25, 0.3) is 0 Å². The minimum atomic E-state index is -0.466. The zero-order chi connectivity index (χ0) is 19.3. The molecule has 3 N–H and O–H groups in total.